The van der Waals surface area contributed by atoms with Crippen molar-refractivity contribution in [1.29, 1.82) is 5.26 Å². The van der Waals surface area contributed by atoms with Gasteiger partial charge in [0.1, 0.15) is 17.7 Å². The maximum absolute atomic E-state index is 14.7. The van der Waals surface area contributed by atoms with E-state index in [1.165, 1.54) is 7.11 Å². The van der Waals surface area contributed by atoms with Gasteiger partial charge in [-0.15, -0.1) is 0 Å². The van der Waals surface area contributed by atoms with E-state index < -0.39 is 11.5 Å². The van der Waals surface area contributed by atoms with E-state index in [-0.39, 0.29) is 24.2 Å². The Balaban J connectivity index is 1.87. The molecule has 0 aromatic heterocycles. The van der Waals surface area contributed by atoms with Gasteiger partial charge in [0.25, 0.3) is 0 Å². The maximum atomic E-state index is 14.7. The molecular formula is C28H33FN4O2. The van der Waals surface area contributed by atoms with Crippen LogP contribution in [0.25, 0.3) is 11.1 Å². The molecule has 1 fully saturated rings. The molecule has 0 amide bonds. The second-order valence-electron chi connectivity index (χ2n) is 9.40. The number of hydrogen-bond acceptors (Lipinski definition) is 6. The van der Waals surface area contributed by atoms with Crippen LogP contribution in [0.1, 0.15) is 61.8 Å². The lowest BCUT2D eigenvalue weighted by Gasteiger charge is -2.38. The fraction of sp³-hybridized carbons (Fsp3) is 0.464. The highest BCUT2D eigenvalue weighted by Crippen LogP contribution is 2.48. The zero-order valence-corrected chi connectivity index (χ0v) is 20.9. The lowest BCUT2D eigenvalue weighted by Crippen LogP contribution is -2.36. The standard InChI is InChI=1S/C28H33FN4O2/c1-5-18-6-7-19(20-12-21(15-30)26(29)22(13-20)16-34-3)14-25(18)28(32-17(2)27(31)33-28)23-8-10-24(35-4)11-9-23/h6-7,12-14,23-24H,5,8-11,16H2,1-4H3,(H2,31,33). The SMILES string of the molecule is CCc1ccc(-c2cc(C#N)c(F)c(COC)c2)cc1C1(C2CCC(OC)CC2)N=C(C)C(N)=N1. The molecule has 7 heteroatoms. The summed E-state index contributed by atoms with van der Waals surface area (Å²) in [6, 6.07) is 11.5. The molecule has 0 saturated heterocycles. The second kappa shape index (κ2) is 10.3. The number of nitrogens with zero attached hydrogens (tertiary/aromatic N) is 3. The van der Waals surface area contributed by atoms with Crippen LogP contribution >= 0.6 is 0 Å². The summed E-state index contributed by atoms with van der Waals surface area (Å²) in [6.45, 7) is 4.12. The van der Waals surface area contributed by atoms with Gasteiger partial charge in [0, 0.05) is 31.3 Å². The lowest BCUT2D eigenvalue weighted by molar-refractivity contribution is 0.0425. The van der Waals surface area contributed by atoms with Crippen molar-refractivity contribution < 1.29 is 13.9 Å². The van der Waals surface area contributed by atoms with E-state index in [1.54, 1.807) is 19.2 Å². The van der Waals surface area contributed by atoms with Crippen LogP contribution in [0.15, 0.2) is 40.3 Å². The molecule has 1 aliphatic carbocycles. The average Bonchev–Trinajstić information content (AvgIpc) is 3.19. The molecule has 0 bridgehead atoms. The molecule has 6 nitrogen and oxygen atoms in total. The normalized spacial score (nSPS) is 24.1. The van der Waals surface area contributed by atoms with Crippen LogP contribution in [-0.2, 0) is 28.2 Å². The predicted molar refractivity (Wildman–Crippen MR) is 136 cm³/mol. The Hall–Kier alpha value is -3.08. The first-order chi connectivity index (χ1) is 16.9. The van der Waals surface area contributed by atoms with Crippen molar-refractivity contribution in [3.8, 4) is 17.2 Å². The van der Waals surface area contributed by atoms with Crippen molar-refractivity contribution in [2.75, 3.05) is 14.2 Å². The molecule has 35 heavy (non-hydrogen) atoms. The summed E-state index contributed by atoms with van der Waals surface area (Å²) in [5.74, 6) is 0.128. The molecule has 0 spiro atoms. The smallest absolute Gasteiger partial charge is 0.181 e. The van der Waals surface area contributed by atoms with Gasteiger partial charge in [-0.1, -0.05) is 19.1 Å². The molecule has 1 atom stereocenters. The van der Waals surface area contributed by atoms with Crippen molar-refractivity contribution in [1.82, 2.24) is 0 Å². The highest BCUT2D eigenvalue weighted by atomic mass is 19.1. The Morgan fingerprint density at radius 3 is 2.40 bits per heavy atom. The second-order valence-corrected chi connectivity index (χ2v) is 9.40. The van der Waals surface area contributed by atoms with Gasteiger partial charge in [-0.3, -0.25) is 4.99 Å². The van der Waals surface area contributed by atoms with E-state index in [2.05, 4.69) is 19.1 Å². The number of nitrogens with two attached hydrogens (primary N) is 1. The number of nitriles is 1. The number of hydrogen-bond donors (Lipinski definition) is 1. The molecule has 2 aliphatic rings. The molecule has 2 aromatic rings. The summed E-state index contributed by atoms with van der Waals surface area (Å²) in [5, 5.41) is 9.51. The summed E-state index contributed by atoms with van der Waals surface area (Å²) in [4.78, 5) is 10.1. The minimum atomic E-state index is -0.790. The van der Waals surface area contributed by atoms with Crippen molar-refractivity contribution in [3.63, 3.8) is 0 Å². The summed E-state index contributed by atoms with van der Waals surface area (Å²) in [5.41, 5.74) is 10.4. The van der Waals surface area contributed by atoms with Gasteiger partial charge in [0.15, 0.2) is 5.66 Å². The van der Waals surface area contributed by atoms with Crippen LogP contribution < -0.4 is 5.73 Å². The monoisotopic (exact) mass is 476 g/mol. The summed E-state index contributed by atoms with van der Waals surface area (Å²) < 4.78 is 25.5. The summed E-state index contributed by atoms with van der Waals surface area (Å²) >= 11 is 0. The van der Waals surface area contributed by atoms with Crippen LogP contribution in [0.2, 0.25) is 0 Å². The number of benzene rings is 2. The number of halogens is 1. The molecule has 1 aliphatic heterocycles. The van der Waals surface area contributed by atoms with Gasteiger partial charge >= 0.3 is 0 Å². The molecule has 4 rings (SSSR count). The number of aliphatic imine (C=N–C) groups is 2. The zero-order valence-electron chi connectivity index (χ0n) is 20.9. The molecular weight excluding hydrogens is 443 g/mol. The van der Waals surface area contributed by atoms with Gasteiger partial charge in [-0.05, 0) is 73.9 Å². The fourth-order valence-electron chi connectivity index (χ4n) is 5.43. The molecule has 1 saturated carbocycles. The summed E-state index contributed by atoms with van der Waals surface area (Å²) in [7, 11) is 3.28. The topological polar surface area (TPSA) is 93.0 Å². The van der Waals surface area contributed by atoms with Gasteiger partial charge in [-0.2, -0.15) is 5.26 Å². The first-order valence-electron chi connectivity index (χ1n) is 12.2. The van der Waals surface area contributed by atoms with E-state index in [9.17, 15) is 9.65 Å². The number of rotatable bonds is 7. The first-order valence-corrected chi connectivity index (χ1v) is 12.2. The Kier molecular flexibility index (Phi) is 7.34. The van der Waals surface area contributed by atoms with Crippen LogP contribution in [-0.4, -0.2) is 31.9 Å². The molecule has 1 heterocycles. The van der Waals surface area contributed by atoms with E-state index >= 15 is 0 Å². The highest BCUT2D eigenvalue weighted by Gasteiger charge is 2.46. The van der Waals surface area contributed by atoms with Crippen molar-refractivity contribution >= 4 is 11.5 Å². The average molecular weight is 477 g/mol. The molecule has 2 aromatic carbocycles. The lowest BCUT2D eigenvalue weighted by atomic mass is 9.74. The van der Waals surface area contributed by atoms with Gasteiger partial charge in [0.05, 0.1) is 24.0 Å². The van der Waals surface area contributed by atoms with E-state index in [0.717, 1.165) is 60.1 Å². The Bertz CT molecular complexity index is 1190. The number of methoxy groups -OCH3 is 2. The third-order valence-corrected chi connectivity index (χ3v) is 7.37. The Labute approximate surface area is 206 Å². The van der Waals surface area contributed by atoms with Gasteiger partial charge in [-0.25, -0.2) is 9.38 Å². The van der Waals surface area contributed by atoms with E-state index in [1.807, 2.05) is 19.1 Å². The number of amidine groups is 1. The van der Waals surface area contributed by atoms with Gasteiger partial charge in [0.2, 0.25) is 0 Å². The summed E-state index contributed by atoms with van der Waals surface area (Å²) in [6.07, 6.45) is 4.86. The van der Waals surface area contributed by atoms with Crippen LogP contribution in [0.4, 0.5) is 4.39 Å². The quantitative estimate of drug-likeness (QED) is 0.590. The fourth-order valence-corrected chi connectivity index (χ4v) is 5.43. The predicted octanol–water partition coefficient (Wildman–Crippen LogP) is 5.26. The maximum Gasteiger partial charge on any atom is 0.181 e. The number of ether oxygens (including phenoxy) is 2. The third kappa shape index (κ3) is 4.61. The largest absolute Gasteiger partial charge is 0.382 e. The number of aryl methyl sites for hydroxylation is 1. The Morgan fingerprint density at radius 1 is 1.09 bits per heavy atom. The molecule has 0 radical (unpaired) electrons. The van der Waals surface area contributed by atoms with Crippen LogP contribution in [0, 0.1) is 23.1 Å². The Morgan fingerprint density at radius 2 is 1.83 bits per heavy atom. The molecule has 184 valence electrons. The van der Waals surface area contributed by atoms with Gasteiger partial charge < -0.3 is 15.2 Å². The first kappa shape index (κ1) is 25.0. The zero-order chi connectivity index (χ0) is 25.2. The minimum absolute atomic E-state index is 0.000246. The van der Waals surface area contributed by atoms with E-state index in [4.69, 9.17) is 25.2 Å². The minimum Gasteiger partial charge on any atom is -0.382 e. The van der Waals surface area contributed by atoms with Crippen molar-refractivity contribution in [3.05, 3.63) is 58.4 Å². The van der Waals surface area contributed by atoms with Crippen LogP contribution in [0.5, 0.6) is 0 Å². The third-order valence-electron chi connectivity index (χ3n) is 7.37. The molecule has 2 N–H and O–H groups in total. The van der Waals surface area contributed by atoms with E-state index in [0.29, 0.717) is 11.4 Å². The highest BCUT2D eigenvalue weighted by molar-refractivity contribution is 6.41. The van der Waals surface area contributed by atoms with Crippen molar-refractivity contribution in [2.24, 2.45) is 21.6 Å². The van der Waals surface area contributed by atoms with Crippen LogP contribution in [0.3, 0.4) is 0 Å². The molecule has 1 unspecified atom stereocenters. The van der Waals surface area contributed by atoms with Crippen molar-refractivity contribution in [2.45, 2.75) is 64.3 Å².